The van der Waals surface area contributed by atoms with E-state index in [9.17, 15) is 9.18 Å². The molecule has 0 radical (unpaired) electrons. The summed E-state index contributed by atoms with van der Waals surface area (Å²) >= 11 is 7.61. The summed E-state index contributed by atoms with van der Waals surface area (Å²) in [6.45, 7) is 1.98. The van der Waals surface area contributed by atoms with Crippen LogP contribution in [0.15, 0.2) is 66.9 Å². The summed E-state index contributed by atoms with van der Waals surface area (Å²) in [6.07, 6.45) is 1.92. The Labute approximate surface area is 180 Å². The van der Waals surface area contributed by atoms with Crippen molar-refractivity contribution in [2.75, 3.05) is 5.32 Å². The van der Waals surface area contributed by atoms with Gasteiger partial charge < -0.3 is 5.32 Å². The molecular weight excluding hydrogens is 421 g/mol. The molecule has 0 aliphatic heterocycles. The second kappa shape index (κ2) is 7.23. The van der Waals surface area contributed by atoms with Crippen LogP contribution in [0.3, 0.4) is 0 Å². The zero-order valence-electron chi connectivity index (χ0n) is 15.8. The fraction of sp³-hybridized carbons (Fsp3) is 0.0435. The minimum atomic E-state index is -0.365. The van der Waals surface area contributed by atoms with Crippen LogP contribution in [0.4, 0.5) is 10.2 Å². The molecule has 3 heterocycles. The Bertz CT molecular complexity index is 1430. The van der Waals surface area contributed by atoms with Gasteiger partial charge in [0.25, 0.3) is 5.91 Å². The molecule has 0 saturated heterocycles. The van der Waals surface area contributed by atoms with Gasteiger partial charge in [0.1, 0.15) is 27.9 Å². The molecule has 30 heavy (non-hydrogen) atoms. The molecule has 0 saturated carbocycles. The van der Waals surface area contributed by atoms with Crippen molar-refractivity contribution in [2.24, 2.45) is 0 Å². The molecule has 5 aromatic rings. The van der Waals surface area contributed by atoms with E-state index in [2.05, 4.69) is 5.32 Å². The fourth-order valence-electron chi connectivity index (χ4n) is 3.42. The van der Waals surface area contributed by atoms with Crippen LogP contribution in [-0.4, -0.2) is 15.3 Å². The topological polar surface area (TPSA) is 46.4 Å². The average molecular weight is 436 g/mol. The zero-order valence-corrected chi connectivity index (χ0v) is 17.4. The van der Waals surface area contributed by atoms with Crippen molar-refractivity contribution in [3.05, 3.63) is 88.1 Å². The first-order valence-electron chi connectivity index (χ1n) is 9.24. The Morgan fingerprint density at radius 3 is 2.73 bits per heavy atom. The molecule has 2 aromatic carbocycles. The van der Waals surface area contributed by atoms with Gasteiger partial charge >= 0.3 is 0 Å². The molecule has 0 unspecified atom stereocenters. The van der Waals surface area contributed by atoms with E-state index >= 15 is 0 Å². The lowest BCUT2D eigenvalue weighted by Crippen LogP contribution is -2.13. The Morgan fingerprint density at radius 2 is 1.93 bits per heavy atom. The normalized spacial score (nSPS) is 11.3. The van der Waals surface area contributed by atoms with E-state index < -0.39 is 0 Å². The van der Waals surface area contributed by atoms with Crippen LogP contribution in [0, 0.1) is 12.7 Å². The number of benzene rings is 2. The van der Waals surface area contributed by atoms with Crippen LogP contribution in [-0.2, 0) is 0 Å². The fourth-order valence-corrected chi connectivity index (χ4v) is 4.85. The molecule has 0 aliphatic carbocycles. The molecular formula is C23H15ClFN3OS. The Morgan fingerprint density at radius 1 is 1.13 bits per heavy atom. The first kappa shape index (κ1) is 18.8. The largest absolute Gasteiger partial charge is 0.305 e. The molecule has 148 valence electrons. The highest BCUT2D eigenvalue weighted by molar-refractivity contribution is 7.21. The molecule has 0 spiro atoms. The van der Waals surface area contributed by atoms with E-state index in [1.807, 2.05) is 60.0 Å². The SMILES string of the molecule is Cc1ccc2nc(-c3ccccc3)c(NC(=O)c3sc4cc(F)ccc4c3Cl)n2c1. The number of carbonyl (C=O) groups excluding carboxylic acids is 1. The third kappa shape index (κ3) is 3.14. The smallest absolute Gasteiger partial charge is 0.268 e. The third-order valence-electron chi connectivity index (χ3n) is 4.84. The maximum atomic E-state index is 13.6. The van der Waals surface area contributed by atoms with Crippen LogP contribution < -0.4 is 5.32 Å². The maximum absolute atomic E-state index is 13.6. The number of anilines is 1. The number of aryl methyl sites for hydroxylation is 1. The van der Waals surface area contributed by atoms with Gasteiger partial charge in [0.2, 0.25) is 0 Å². The van der Waals surface area contributed by atoms with Crippen molar-refractivity contribution in [2.45, 2.75) is 6.92 Å². The van der Waals surface area contributed by atoms with E-state index in [-0.39, 0.29) is 11.7 Å². The van der Waals surface area contributed by atoms with Crippen molar-refractivity contribution in [1.29, 1.82) is 0 Å². The van der Waals surface area contributed by atoms with Crippen LogP contribution >= 0.6 is 22.9 Å². The van der Waals surface area contributed by atoms with Gasteiger partial charge in [-0.05, 0) is 36.8 Å². The van der Waals surface area contributed by atoms with E-state index in [1.54, 1.807) is 6.07 Å². The van der Waals surface area contributed by atoms with Crippen molar-refractivity contribution in [1.82, 2.24) is 9.38 Å². The molecule has 3 aromatic heterocycles. The minimum Gasteiger partial charge on any atom is -0.305 e. The molecule has 1 N–H and O–H groups in total. The first-order valence-corrected chi connectivity index (χ1v) is 10.4. The number of hydrogen-bond donors (Lipinski definition) is 1. The van der Waals surface area contributed by atoms with Gasteiger partial charge in [0.05, 0.1) is 5.02 Å². The maximum Gasteiger partial charge on any atom is 0.268 e. The van der Waals surface area contributed by atoms with Gasteiger partial charge in [0.15, 0.2) is 0 Å². The lowest BCUT2D eigenvalue weighted by Gasteiger charge is -2.08. The highest BCUT2D eigenvalue weighted by atomic mass is 35.5. The van der Waals surface area contributed by atoms with Crippen LogP contribution in [0.2, 0.25) is 5.02 Å². The highest BCUT2D eigenvalue weighted by Crippen LogP contribution is 2.37. The number of imidazole rings is 1. The first-order chi connectivity index (χ1) is 14.5. The summed E-state index contributed by atoms with van der Waals surface area (Å²) in [5.41, 5.74) is 3.31. The van der Waals surface area contributed by atoms with E-state index in [0.29, 0.717) is 31.5 Å². The summed E-state index contributed by atoms with van der Waals surface area (Å²) in [4.78, 5) is 18.2. The average Bonchev–Trinajstić information content (AvgIpc) is 3.26. The number of amides is 1. The number of fused-ring (bicyclic) bond motifs is 2. The second-order valence-electron chi connectivity index (χ2n) is 6.95. The van der Waals surface area contributed by atoms with Gasteiger partial charge in [-0.25, -0.2) is 9.37 Å². The van der Waals surface area contributed by atoms with Gasteiger partial charge in [-0.3, -0.25) is 9.20 Å². The van der Waals surface area contributed by atoms with E-state index in [4.69, 9.17) is 16.6 Å². The van der Waals surface area contributed by atoms with E-state index in [0.717, 1.165) is 28.1 Å². The Balaban J connectivity index is 1.64. The number of hydrogen-bond acceptors (Lipinski definition) is 3. The zero-order chi connectivity index (χ0) is 20.8. The standard InChI is InChI=1S/C23H15ClFN3OS/c1-13-7-10-18-26-20(14-5-3-2-4-6-14)22(28(18)12-13)27-23(29)21-19(24)16-9-8-15(25)11-17(16)30-21/h2-12H,1H3,(H,27,29). The molecule has 1 amide bonds. The van der Waals surface area contributed by atoms with Gasteiger partial charge in [-0.2, -0.15) is 0 Å². The van der Waals surface area contributed by atoms with Gasteiger partial charge in [-0.1, -0.05) is 48.0 Å². The predicted molar refractivity (Wildman–Crippen MR) is 120 cm³/mol. The number of halogens is 2. The van der Waals surface area contributed by atoms with Gasteiger partial charge in [-0.15, -0.1) is 11.3 Å². The third-order valence-corrected chi connectivity index (χ3v) is 6.50. The van der Waals surface area contributed by atoms with Crippen molar-refractivity contribution in [3.8, 4) is 11.3 Å². The number of aromatic nitrogens is 2. The number of rotatable bonds is 3. The summed E-state index contributed by atoms with van der Waals surface area (Å²) < 4.78 is 16.1. The van der Waals surface area contributed by atoms with Crippen LogP contribution in [0.1, 0.15) is 15.2 Å². The number of pyridine rings is 1. The van der Waals surface area contributed by atoms with Crippen molar-refractivity contribution < 1.29 is 9.18 Å². The lowest BCUT2D eigenvalue weighted by atomic mass is 10.1. The molecule has 4 nitrogen and oxygen atoms in total. The summed E-state index contributed by atoms with van der Waals surface area (Å²) in [5, 5.41) is 3.96. The van der Waals surface area contributed by atoms with Crippen LogP contribution in [0.5, 0.6) is 0 Å². The summed E-state index contributed by atoms with van der Waals surface area (Å²) in [7, 11) is 0. The second-order valence-corrected chi connectivity index (χ2v) is 8.38. The Kier molecular flexibility index (Phi) is 4.53. The summed E-state index contributed by atoms with van der Waals surface area (Å²) in [6, 6.07) is 17.9. The Hall–Kier alpha value is -3.22. The lowest BCUT2D eigenvalue weighted by molar-refractivity contribution is 0.103. The van der Waals surface area contributed by atoms with E-state index in [1.165, 1.54) is 12.1 Å². The minimum absolute atomic E-state index is 0.318. The number of nitrogens with one attached hydrogen (secondary N) is 1. The van der Waals surface area contributed by atoms with Gasteiger partial charge in [0, 0.05) is 21.8 Å². The predicted octanol–water partition coefficient (Wildman–Crippen LogP) is 6.57. The highest BCUT2D eigenvalue weighted by Gasteiger charge is 2.22. The molecule has 5 rings (SSSR count). The molecule has 0 fully saturated rings. The molecule has 7 heteroatoms. The summed E-state index contributed by atoms with van der Waals surface area (Å²) in [5.74, 6) is -0.164. The number of nitrogens with zero attached hydrogens (tertiary/aromatic N) is 2. The van der Waals surface area contributed by atoms with Crippen molar-refractivity contribution >= 4 is 50.4 Å². The molecule has 0 atom stereocenters. The monoisotopic (exact) mass is 435 g/mol. The molecule has 0 aliphatic rings. The van der Waals surface area contributed by atoms with Crippen LogP contribution in [0.25, 0.3) is 27.0 Å². The molecule has 0 bridgehead atoms. The quantitative estimate of drug-likeness (QED) is 0.348. The van der Waals surface area contributed by atoms with Crippen molar-refractivity contribution in [3.63, 3.8) is 0 Å². The number of carbonyl (C=O) groups is 1. The number of thiophene rings is 1.